The average molecular weight is 270 g/mol. The Morgan fingerprint density at radius 3 is 2.80 bits per heavy atom. The molecule has 0 spiro atoms. The first-order valence-electron chi connectivity index (χ1n) is 7.43. The number of rotatable bonds is 4. The summed E-state index contributed by atoms with van der Waals surface area (Å²) >= 11 is 0. The van der Waals surface area contributed by atoms with Crippen LogP contribution in [-0.4, -0.2) is 36.1 Å². The molecule has 1 saturated heterocycles. The highest BCUT2D eigenvalue weighted by molar-refractivity contribution is 6.00. The van der Waals surface area contributed by atoms with Crippen molar-refractivity contribution in [2.24, 2.45) is 0 Å². The summed E-state index contributed by atoms with van der Waals surface area (Å²) in [6, 6.07) is 6.04. The van der Waals surface area contributed by atoms with Crippen LogP contribution in [0.2, 0.25) is 0 Å². The zero-order chi connectivity index (χ0) is 13.8. The van der Waals surface area contributed by atoms with Crippen LogP contribution in [0.5, 0.6) is 0 Å². The number of benzene rings is 1. The Labute approximate surface area is 120 Å². The van der Waals surface area contributed by atoms with Gasteiger partial charge in [0.15, 0.2) is 0 Å². The van der Waals surface area contributed by atoms with E-state index in [2.05, 4.69) is 21.3 Å². The monoisotopic (exact) mass is 270 g/mol. The van der Waals surface area contributed by atoms with E-state index < -0.39 is 0 Å². The van der Waals surface area contributed by atoms with Crippen LogP contribution < -0.4 is 11.1 Å². The summed E-state index contributed by atoms with van der Waals surface area (Å²) in [4.78, 5) is 6.69. The Bertz CT molecular complexity index is 576. The van der Waals surface area contributed by atoms with E-state index in [1.54, 1.807) is 0 Å². The lowest BCUT2D eigenvalue weighted by Gasteiger charge is -2.26. The zero-order valence-electron chi connectivity index (χ0n) is 11.8. The number of nitrogens with two attached hydrogens (primary N) is 1. The van der Waals surface area contributed by atoms with Crippen LogP contribution in [0, 0.1) is 0 Å². The standard InChI is InChI=1S/C16H22N4/c17-15-4-5-16(13-6-7-18-12-14(13)15)19-8-11-20-9-2-1-3-10-20/h4-7,12,19H,1-3,8-11,17H2. The van der Waals surface area contributed by atoms with Crippen LogP contribution in [0.25, 0.3) is 10.8 Å². The highest BCUT2D eigenvalue weighted by Gasteiger charge is 2.09. The number of nitrogen functional groups attached to an aromatic ring is 1. The number of anilines is 2. The molecule has 0 aliphatic carbocycles. The van der Waals surface area contributed by atoms with E-state index in [1.807, 2.05) is 24.5 Å². The number of nitrogens with one attached hydrogen (secondary N) is 1. The van der Waals surface area contributed by atoms with Crippen molar-refractivity contribution in [2.75, 3.05) is 37.2 Å². The molecular formula is C16H22N4. The topological polar surface area (TPSA) is 54.2 Å². The molecule has 2 aromatic rings. The number of piperidine rings is 1. The van der Waals surface area contributed by atoms with Gasteiger partial charge in [-0.3, -0.25) is 4.98 Å². The SMILES string of the molecule is Nc1ccc(NCCN2CCCCC2)c2ccncc12. The molecule has 0 saturated carbocycles. The van der Waals surface area contributed by atoms with E-state index in [4.69, 9.17) is 5.73 Å². The third-order valence-corrected chi connectivity index (χ3v) is 4.04. The molecule has 0 atom stereocenters. The molecule has 3 N–H and O–H groups in total. The maximum Gasteiger partial charge on any atom is 0.0422 e. The molecule has 1 aliphatic heterocycles. The van der Waals surface area contributed by atoms with Crippen molar-refractivity contribution in [1.29, 1.82) is 0 Å². The van der Waals surface area contributed by atoms with Crippen LogP contribution in [0.3, 0.4) is 0 Å². The predicted molar refractivity (Wildman–Crippen MR) is 84.9 cm³/mol. The van der Waals surface area contributed by atoms with Gasteiger partial charge < -0.3 is 16.0 Å². The molecule has 4 nitrogen and oxygen atoms in total. The van der Waals surface area contributed by atoms with E-state index in [1.165, 1.54) is 32.4 Å². The Kier molecular flexibility index (Phi) is 4.02. The minimum Gasteiger partial charge on any atom is -0.398 e. The van der Waals surface area contributed by atoms with Gasteiger partial charge in [-0.25, -0.2) is 0 Å². The van der Waals surface area contributed by atoms with Gasteiger partial charge in [-0.05, 0) is 44.1 Å². The number of hydrogen-bond donors (Lipinski definition) is 2. The van der Waals surface area contributed by atoms with Gasteiger partial charge in [0.1, 0.15) is 0 Å². The highest BCUT2D eigenvalue weighted by Crippen LogP contribution is 2.27. The van der Waals surface area contributed by atoms with Gasteiger partial charge in [0.25, 0.3) is 0 Å². The molecular weight excluding hydrogens is 248 g/mol. The third-order valence-electron chi connectivity index (χ3n) is 4.04. The number of hydrogen-bond acceptors (Lipinski definition) is 4. The van der Waals surface area contributed by atoms with Gasteiger partial charge in [-0.1, -0.05) is 6.42 Å². The second-order valence-corrected chi connectivity index (χ2v) is 5.45. The van der Waals surface area contributed by atoms with Crippen molar-refractivity contribution in [2.45, 2.75) is 19.3 Å². The van der Waals surface area contributed by atoms with Gasteiger partial charge in [-0.15, -0.1) is 0 Å². The van der Waals surface area contributed by atoms with Gasteiger partial charge in [-0.2, -0.15) is 0 Å². The second-order valence-electron chi connectivity index (χ2n) is 5.45. The number of pyridine rings is 1. The second kappa shape index (κ2) is 6.09. The lowest BCUT2D eigenvalue weighted by Crippen LogP contribution is -2.33. The Morgan fingerprint density at radius 1 is 1.10 bits per heavy atom. The summed E-state index contributed by atoms with van der Waals surface area (Å²) in [6.07, 6.45) is 7.73. The molecule has 0 bridgehead atoms. The number of likely N-dealkylation sites (tertiary alicyclic amines) is 1. The first-order valence-corrected chi connectivity index (χ1v) is 7.43. The summed E-state index contributed by atoms with van der Waals surface area (Å²) in [7, 11) is 0. The van der Waals surface area contributed by atoms with Crippen LogP contribution in [-0.2, 0) is 0 Å². The summed E-state index contributed by atoms with van der Waals surface area (Å²) < 4.78 is 0. The molecule has 3 rings (SSSR count). The fraction of sp³-hybridized carbons (Fsp3) is 0.438. The fourth-order valence-electron chi connectivity index (χ4n) is 2.90. The van der Waals surface area contributed by atoms with Crippen LogP contribution in [0.4, 0.5) is 11.4 Å². The number of fused-ring (bicyclic) bond motifs is 1. The van der Waals surface area contributed by atoms with Crippen molar-refractivity contribution in [3.8, 4) is 0 Å². The fourth-order valence-corrected chi connectivity index (χ4v) is 2.90. The Morgan fingerprint density at radius 2 is 1.95 bits per heavy atom. The number of aromatic nitrogens is 1. The van der Waals surface area contributed by atoms with Crippen molar-refractivity contribution in [3.05, 3.63) is 30.6 Å². The summed E-state index contributed by atoms with van der Waals surface area (Å²) in [6.45, 7) is 4.57. The van der Waals surface area contributed by atoms with Gasteiger partial charge in [0, 0.05) is 47.6 Å². The molecule has 1 fully saturated rings. The van der Waals surface area contributed by atoms with Gasteiger partial charge in [0.2, 0.25) is 0 Å². The van der Waals surface area contributed by atoms with Crippen molar-refractivity contribution in [3.63, 3.8) is 0 Å². The molecule has 1 aliphatic rings. The first kappa shape index (κ1) is 13.2. The third kappa shape index (κ3) is 2.85. The molecule has 0 amide bonds. The smallest absolute Gasteiger partial charge is 0.0422 e. The minimum absolute atomic E-state index is 0.787. The van der Waals surface area contributed by atoms with Crippen molar-refractivity contribution in [1.82, 2.24) is 9.88 Å². The predicted octanol–water partition coefficient (Wildman–Crippen LogP) is 2.71. The van der Waals surface area contributed by atoms with E-state index >= 15 is 0 Å². The molecule has 106 valence electrons. The van der Waals surface area contributed by atoms with Crippen LogP contribution in [0.15, 0.2) is 30.6 Å². The Hall–Kier alpha value is -1.81. The zero-order valence-corrected chi connectivity index (χ0v) is 11.8. The molecule has 0 radical (unpaired) electrons. The summed E-state index contributed by atoms with van der Waals surface area (Å²) in [5, 5.41) is 5.71. The lowest BCUT2D eigenvalue weighted by molar-refractivity contribution is 0.237. The molecule has 2 heterocycles. The maximum absolute atomic E-state index is 5.99. The van der Waals surface area contributed by atoms with E-state index in [0.29, 0.717) is 0 Å². The molecule has 4 heteroatoms. The minimum atomic E-state index is 0.787. The van der Waals surface area contributed by atoms with E-state index in [-0.39, 0.29) is 0 Å². The molecule has 1 aromatic carbocycles. The van der Waals surface area contributed by atoms with Gasteiger partial charge in [0.05, 0.1) is 0 Å². The lowest BCUT2D eigenvalue weighted by atomic mass is 10.1. The molecule has 20 heavy (non-hydrogen) atoms. The Balaban J connectivity index is 1.67. The quantitative estimate of drug-likeness (QED) is 0.839. The molecule has 0 unspecified atom stereocenters. The maximum atomic E-state index is 5.99. The largest absolute Gasteiger partial charge is 0.398 e. The van der Waals surface area contributed by atoms with Crippen molar-refractivity contribution >= 4 is 22.1 Å². The van der Waals surface area contributed by atoms with Crippen LogP contribution >= 0.6 is 0 Å². The molecule has 1 aromatic heterocycles. The van der Waals surface area contributed by atoms with Gasteiger partial charge >= 0.3 is 0 Å². The van der Waals surface area contributed by atoms with E-state index in [9.17, 15) is 0 Å². The van der Waals surface area contributed by atoms with Crippen molar-refractivity contribution < 1.29 is 0 Å². The summed E-state index contributed by atoms with van der Waals surface area (Å²) in [5.74, 6) is 0. The van der Waals surface area contributed by atoms with E-state index in [0.717, 1.165) is 35.2 Å². The number of nitrogens with zero attached hydrogens (tertiary/aromatic N) is 2. The summed E-state index contributed by atoms with van der Waals surface area (Å²) in [5.41, 5.74) is 7.93. The first-order chi connectivity index (χ1) is 9.84. The average Bonchev–Trinajstić information content (AvgIpc) is 2.51. The highest BCUT2D eigenvalue weighted by atomic mass is 15.1. The normalized spacial score (nSPS) is 16.4. The van der Waals surface area contributed by atoms with Crippen LogP contribution in [0.1, 0.15) is 19.3 Å².